The number of nitrogens with zero attached hydrogens (tertiary/aromatic N) is 1. The summed E-state index contributed by atoms with van der Waals surface area (Å²) in [5, 5.41) is 3.58. The molecule has 1 saturated heterocycles. The SMILES string of the molecule is CCOc1cc(CNCC2CCN(C)CC2)ccc1OC. The van der Waals surface area contributed by atoms with E-state index in [9.17, 15) is 0 Å². The Balaban J connectivity index is 1.81. The molecule has 2 rings (SSSR count). The van der Waals surface area contributed by atoms with Crippen molar-refractivity contribution < 1.29 is 9.47 Å². The Morgan fingerprint density at radius 2 is 2.00 bits per heavy atom. The molecular weight excluding hydrogens is 264 g/mol. The predicted molar refractivity (Wildman–Crippen MR) is 86.1 cm³/mol. The van der Waals surface area contributed by atoms with Gasteiger partial charge < -0.3 is 19.7 Å². The maximum Gasteiger partial charge on any atom is 0.161 e. The molecule has 1 aromatic rings. The van der Waals surface area contributed by atoms with E-state index in [2.05, 4.69) is 29.4 Å². The molecule has 1 heterocycles. The smallest absolute Gasteiger partial charge is 0.161 e. The third-order valence-corrected chi connectivity index (χ3v) is 4.13. The van der Waals surface area contributed by atoms with E-state index in [1.807, 2.05) is 13.0 Å². The molecular formula is C17H28N2O2. The lowest BCUT2D eigenvalue weighted by Crippen LogP contribution is -2.34. The zero-order valence-corrected chi connectivity index (χ0v) is 13.5. The largest absolute Gasteiger partial charge is 0.493 e. The van der Waals surface area contributed by atoms with Gasteiger partial charge in [0.05, 0.1) is 13.7 Å². The second kappa shape index (κ2) is 8.25. The standard InChI is InChI=1S/C17H28N2O2/c1-4-21-17-11-15(5-6-16(17)20-3)13-18-12-14-7-9-19(2)10-8-14/h5-6,11,14,18H,4,7-10,12-13H2,1-3H3. The van der Waals surface area contributed by atoms with Crippen LogP contribution in [0.15, 0.2) is 18.2 Å². The Hall–Kier alpha value is -1.26. The van der Waals surface area contributed by atoms with Crippen molar-refractivity contribution in [3.63, 3.8) is 0 Å². The minimum absolute atomic E-state index is 0.656. The maximum atomic E-state index is 5.62. The first-order valence-corrected chi connectivity index (χ1v) is 7.92. The molecule has 1 aliphatic heterocycles. The lowest BCUT2D eigenvalue weighted by molar-refractivity contribution is 0.216. The number of ether oxygens (including phenoxy) is 2. The van der Waals surface area contributed by atoms with Gasteiger partial charge in [0.2, 0.25) is 0 Å². The number of methoxy groups -OCH3 is 1. The van der Waals surface area contributed by atoms with Crippen LogP contribution in [0.2, 0.25) is 0 Å². The van der Waals surface area contributed by atoms with Crippen LogP contribution in [0.4, 0.5) is 0 Å². The first-order valence-electron chi connectivity index (χ1n) is 7.92. The molecule has 0 saturated carbocycles. The Bertz CT molecular complexity index is 429. The maximum absolute atomic E-state index is 5.62. The third-order valence-electron chi connectivity index (χ3n) is 4.13. The van der Waals surface area contributed by atoms with Crippen molar-refractivity contribution in [2.24, 2.45) is 5.92 Å². The van der Waals surface area contributed by atoms with Crippen LogP contribution in [-0.4, -0.2) is 45.3 Å². The van der Waals surface area contributed by atoms with Crippen LogP contribution >= 0.6 is 0 Å². The fraction of sp³-hybridized carbons (Fsp3) is 0.647. The molecule has 118 valence electrons. The summed E-state index contributed by atoms with van der Waals surface area (Å²) in [6.07, 6.45) is 2.60. The van der Waals surface area contributed by atoms with Crippen LogP contribution < -0.4 is 14.8 Å². The highest BCUT2D eigenvalue weighted by Crippen LogP contribution is 2.28. The van der Waals surface area contributed by atoms with Crippen LogP contribution in [0.1, 0.15) is 25.3 Å². The number of nitrogens with one attached hydrogen (secondary N) is 1. The monoisotopic (exact) mass is 292 g/mol. The van der Waals surface area contributed by atoms with Gasteiger partial charge in [-0.1, -0.05) is 6.07 Å². The summed E-state index contributed by atoms with van der Waals surface area (Å²) in [5.74, 6) is 2.44. The lowest BCUT2D eigenvalue weighted by atomic mass is 9.97. The molecule has 0 spiro atoms. The van der Waals surface area contributed by atoms with E-state index < -0.39 is 0 Å². The molecule has 0 bridgehead atoms. The van der Waals surface area contributed by atoms with Gasteiger partial charge in [0, 0.05) is 6.54 Å². The van der Waals surface area contributed by atoms with E-state index in [4.69, 9.17) is 9.47 Å². The normalized spacial score (nSPS) is 16.9. The second-order valence-electron chi connectivity index (χ2n) is 5.80. The van der Waals surface area contributed by atoms with Crippen molar-refractivity contribution >= 4 is 0 Å². The highest BCUT2D eigenvalue weighted by Gasteiger charge is 2.16. The van der Waals surface area contributed by atoms with Gasteiger partial charge in [-0.15, -0.1) is 0 Å². The van der Waals surface area contributed by atoms with Crippen LogP contribution in [-0.2, 0) is 6.54 Å². The van der Waals surface area contributed by atoms with E-state index in [1.54, 1.807) is 7.11 Å². The van der Waals surface area contributed by atoms with Gasteiger partial charge in [-0.25, -0.2) is 0 Å². The number of hydrogen-bond donors (Lipinski definition) is 1. The number of hydrogen-bond acceptors (Lipinski definition) is 4. The third kappa shape index (κ3) is 4.90. The minimum Gasteiger partial charge on any atom is -0.493 e. The summed E-state index contributed by atoms with van der Waals surface area (Å²) < 4.78 is 10.9. The molecule has 0 unspecified atom stereocenters. The Morgan fingerprint density at radius 1 is 1.24 bits per heavy atom. The zero-order chi connectivity index (χ0) is 15.1. The molecule has 1 fully saturated rings. The van der Waals surface area contributed by atoms with Gasteiger partial charge in [-0.2, -0.15) is 0 Å². The number of benzene rings is 1. The van der Waals surface area contributed by atoms with Crippen molar-refractivity contribution in [2.75, 3.05) is 40.4 Å². The number of piperidine rings is 1. The molecule has 1 aromatic carbocycles. The van der Waals surface area contributed by atoms with Gasteiger partial charge in [0.1, 0.15) is 0 Å². The molecule has 4 heteroatoms. The van der Waals surface area contributed by atoms with Crippen molar-refractivity contribution in [1.29, 1.82) is 0 Å². The summed E-state index contributed by atoms with van der Waals surface area (Å²) in [6, 6.07) is 6.16. The summed E-state index contributed by atoms with van der Waals surface area (Å²) in [6.45, 7) is 7.08. The Morgan fingerprint density at radius 3 is 2.67 bits per heavy atom. The topological polar surface area (TPSA) is 33.7 Å². The van der Waals surface area contributed by atoms with Gasteiger partial charge in [0.25, 0.3) is 0 Å². The predicted octanol–water partition coefficient (Wildman–Crippen LogP) is 2.53. The zero-order valence-electron chi connectivity index (χ0n) is 13.5. The molecule has 0 aromatic heterocycles. The van der Waals surface area contributed by atoms with Crippen LogP contribution in [0.3, 0.4) is 0 Å². The molecule has 0 amide bonds. The molecule has 4 nitrogen and oxygen atoms in total. The molecule has 1 N–H and O–H groups in total. The molecule has 21 heavy (non-hydrogen) atoms. The Labute approximate surface area is 128 Å². The number of likely N-dealkylation sites (tertiary alicyclic amines) is 1. The molecule has 1 aliphatic rings. The minimum atomic E-state index is 0.656. The van der Waals surface area contributed by atoms with Crippen LogP contribution in [0.25, 0.3) is 0 Å². The van der Waals surface area contributed by atoms with Gasteiger partial charge in [0.15, 0.2) is 11.5 Å². The number of rotatable bonds is 7. The summed E-state index contributed by atoms with van der Waals surface area (Å²) in [5.41, 5.74) is 1.24. The quantitative estimate of drug-likeness (QED) is 0.837. The second-order valence-corrected chi connectivity index (χ2v) is 5.80. The average molecular weight is 292 g/mol. The average Bonchev–Trinajstić information content (AvgIpc) is 2.50. The summed E-state index contributed by atoms with van der Waals surface area (Å²) in [4.78, 5) is 2.41. The summed E-state index contributed by atoms with van der Waals surface area (Å²) in [7, 11) is 3.88. The van der Waals surface area contributed by atoms with E-state index >= 15 is 0 Å². The lowest BCUT2D eigenvalue weighted by Gasteiger charge is -2.29. The first kappa shape index (κ1) is 16.1. The van der Waals surface area contributed by atoms with E-state index in [0.717, 1.165) is 30.5 Å². The first-order chi connectivity index (χ1) is 10.2. The van der Waals surface area contributed by atoms with Crippen LogP contribution in [0, 0.1) is 5.92 Å². The van der Waals surface area contributed by atoms with E-state index in [0.29, 0.717) is 6.61 Å². The van der Waals surface area contributed by atoms with Crippen molar-refractivity contribution in [1.82, 2.24) is 10.2 Å². The van der Waals surface area contributed by atoms with Crippen molar-refractivity contribution in [3.8, 4) is 11.5 Å². The van der Waals surface area contributed by atoms with Crippen LogP contribution in [0.5, 0.6) is 11.5 Å². The van der Waals surface area contributed by atoms with Gasteiger partial charge >= 0.3 is 0 Å². The summed E-state index contributed by atoms with van der Waals surface area (Å²) >= 11 is 0. The van der Waals surface area contributed by atoms with Gasteiger partial charge in [-0.3, -0.25) is 0 Å². The fourth-order valence-electron chi connectivity index (χ4n) is 2.79. The molecule has 0 radical (unpaired) electrons. The Kier molecular flexibility index (Phi) is 6.33. The molecule has 0 atom stereocenters. The van der Waals surface area contributed by atoms with E-state index in [-0.39, 0.29) is 0 Å². The van der Waals surface area contributed by atoms with Crippen molar-refractivity contribution in [3.05, 3.63) is 23.8 Å². The molecule has 0 aliphatic carbocycles. The highest BCUT2D eigenvalue weighted by molar-refractivity contribution is 5.42. The highest BCUT2D eigenvalue weighted by atomic mass is 16.5. The fourth-order valence-corrected chi connectivity index (χ4v) is 2.79. The van der Waals surface area contributed by atoms with Crippen molar-refractivity contribution in [2.45, 2.75) is 26.3 Å². The van der Waals surface area contributed by atoms with Gasteiger partial charge in [-0.05, 0) is 70.1 Å². The van der Waals surface area contributed by atoms with E-state index in [1.165, 1.54) is 31.5 Å².